The van der Waals surface area contributed by atoms with Gasteiger partial charge in [0.05, 0.1) is 19.1 Å². The molecule has 2 rings (SSSR count). The third-order valence-corrected chi connectivity index (χ3v) is 3.52. The Morgan fingerprint density at radius 3 is 2.58 bits per heavy atom. The van der Waals surface area contributed by atoms with Gasteiger partial charge in [-0.1, -0.05) is 0 Å². The molecule has 8 heteroatoms. The number of hydrogen-bond acceptors (Lipinski definition) is 4. The summed E-state index contributed by atoms with van der Waals surface area (Å²) in [5.74, 6) is -1.85. The van der Waals surface area contributed by atoms with Crippen LogP contribution < -0.4 is 5.73 Å². The number of nitrogens with zero attached hydrogens (tertiary/aromatic N) is 2. The molecule has 3 N–H and O–H groups in total. The molecule has 2 aliphatic heterocycles. The van der Waals surface area contributed by atoms with E-state index in [1.54, 1.807) is 0 Å². The van der Waals surface area contributed by atoms with E-state index in [-0.39, 0.29) is 31.6 Å². The highest BCUT2D eigenvalue weighted by Gasteiger charge is 2.38. The SMILES string of the molecule is NC(=O)C1CCN(C(=O)N2CCOCC2C(=O)O)C1. The zero-order valence-electron chi connectivity index (χ0n) is 10.4. The van der Waals surface area contributed by atoms with Gasteiger partial charge in [-0.15, -0.1) is 0 Å². The van der Waals surface area contributed by atoms with Crippen molar-refractivity contribution in [3.8, 4) is 0 Å². The fourth-order valence-corrected chi connectivity index (χ4v) is 2.39. The van der Waals surface area contributed by atoms with Gasteiger partial charge in [0, 0.05) is 19.6 Å². The van der Waals surface area contributed by atoms with Crippen LogP contribution in [0.4, 0.5) is 4.79 Å². The van der Waals surface area contributed by atoms with Gasteiger partial charge < -0.3 is 25.4 Å². The maximum absolute atomic E-state index is 12.3. The predicted molar refractivity (Wildman–Crippen MR) is 63.2 cm³/mol. The van der Waals surface area contributed by atoms with Crippen molar-refractivity contribution in [2.24, 2.45) is 11.7 Å². The number of rotatable bonds is 2. The highest BCUT2D eigenvalue weighted by Crippen LogP contribution is 2.19. The van der Waals surface area contributed by atoms with Crippen molar-refractivity contribution in [1.82, 2.24) is 9.80 Å². The number of urea groups is 1. The average Bonchev–Trinajstić information content (AvgIpc) is 2.87. The number of carbonyl (C=O) groups excluding carboxylic acids is 2. The second-order valence-corrected chi connectivity index (χ2v) is 4.74. The van der Waals surface area contributed by atoms with Crippen LogP contribution in [0.15, 0.2) is 0 Å². The predicted octanol–water partition coefficient (Wildman–Crippen LogP) is -1.30. The van der Waals surface area contributed by atoms with Crippen LogP contribution in [0.2, 0.25) is 0 Å². The van der Waals surface area contributed by atoms with Crippen molar-refractivity contribution in [1.29, 1.82) is 0 Å². The highest BCUT2D eigenvalue weighted by molar-refractivity contribution is 5.84. The van der Waals surface area contributed by atoms with Crippen LogP contribution >= 0.6 is 0 Å². The summed E-state index contributed by atoms with van der Waals surface area (Å²) in [5.41, 5.74) is 5.21. The molecule has 0 aliphatic carbocycles. The van der Waals surface area contributed by atoms with Gasteiger partial charge in [0.2, 0.25) is 5.91 Å². The number of aliphatic carboxylic acids is 1. The number of morpholine rings is 1. The van der Waals surface area contributed by atoms with Crippen molar-refractivity contribution in [3.63, 3.8) is 0 Å². The van der Waals surface area contributed by atoms with Gasteiger partial charge in [0.15, 0.2) is 6.04 Å². The Balaban J connectivity index is 2.02. The van der Waals surface area contributed by atoms with Crippen molar-refractivity contribution < 1.29 is 24.2 Å². The molecule has 0 aromatic heterocycles. The first-order chi connectivity index (χ1) is 9.00. The summed E-state index contributed by atoms with van der Waals surface area (Å²) in [5, 5.41) is 9.07. The molecule has 2 heterocycles. The number of likely N-dealkylation sites (tertiary alicyclic amines) is 1. The van der Waals surface area contributed by atoms with Gasteiger partial charge in [-0.2, -0.15) is 0 Å². The second kappa shape index (κ2) is 5.43. The van der Waals surface area contributed by atoms with E-state index >= 15 is 0 Å². The lowest BCUT2D eigenvalue weighted by atomic mass is 10.1. The summed E-state index contributed by atoms with van der Waals surface area (Å²) in [7, 11) is 0. The number of nitrogens with two attached hydrogens (primary N) is 1. The molecule has 2 aliphatic rings. The maximum atomic E-state index is 12.3. The number of ether oxygens (including phenoxy) is 1. The van der Waals surface area contributed by atoms with E-state index in [9.17, 15) is 14.4 Å². The first-order valence-corrected chi connectivity index (χ1v) is 6.16. The molecule has 0 spiro atoms. The summed E-state index contributed by atoms with van der Waals surface area (Å²) in [6, 6.07) is -1.33. The molecule has 0 saturated carbocycles. The summed E-state index contributed by atoms with van der Waals surface area (Å²) < 4.78 is 5.08. The van der Waals surface area contributed by atoms with Crippen LogP contribution in [0.5, 0.6) is 0 Å². The van der Waals surface area contributed by atoms with Crippen molar-refractivity contribution in [3.05, 3.63) is 0 Å². The smallest absolute Gasteiger partial charge is 0.328 e. The van der Waals surface area contributed by atoms with E-state index in [0.717, 1.165) is 0 Å². The van der Waals surface area contributed by atoms with E-state index in [0.29, 0.717) is 19.6 Å². The molecule has 0 radical (unpaired) electrons. The zero-order valence-corrected chi connectivity index (χ0v) is 10.4. The quantitative estimate of drug-likeness (QED) is 0.648. The number of hydrogen-bond donors (Lipinski definition) is 2. The van der Waals surface area contributed by atoms with E-state index in [4.69, 9.17) is 15.6 Å². The Labute approximate surface area is 110 Å². The van der Waals surface area contributed by atoms with Crippen LogP contribution in [0.1, 0.15) is 6.42 Å². The molecule has 2 saturated heterocycles. The molecule has 2 unspecified atom stereocenters. The minimum Gasteiger partial charge on any atom is -0.480 e. The lowest BCUT2D eigenvalue weighted by molar-refractivity contribution is -0.147. The normalized spacial score (nSPS) is 27.4. The fourth-order valence-electron chi connectivity index (χ4n) is 2.39. The molecule has 0 aromatic rings. The van der Waals surface area contributed by atoms with Gasteiger partial charge in [-0.3, -0.25) is 4.79 Å². The van der Waals surface area contributed by atoms with Gasteiger partial charge in [0.1, 0.15) is 0 Å². The van der Waals surface area contributed by atoms with Crippen LogP contribution in [0.3, 0.4) is 0 Å². The standard InChI is InChI=1S/C11H17N3O5/c12-9(15)7-1-2-13(5-7)11(18)14-3-4-19-6-8(14)10(16)17/h7-8H,1-6H2,(H2,12,15)(H,16,17). The van der Waals surface area contributed by atoms with Crippen LogP contribution in [0.25, 0.3) is 0 Å². The van der Waals surface area contributed by atoms with Gasteiger partial charge >= 0.3 is 12.0 Å². The summed E-state index contributed by atoms with van der Waals surface area (Å²) in [6.45, 7) is 1.25. The van der Waals surface area contributed by atoms with Crippen molar-refractivity contribution >= 4 is 17.9 Å². The van der Waals surface area contributed by atoms with Crippen LogP contribution in [-0.4, -0.2) is 71.7 Å². The lowest BCUT2D eigenvalue weighted by Gasteiger charge is -2.35. The zero-order chi connectivity index (χ0) is 14.0. The van der Waals surface area contributed by atoms with Crippen molar-refractivity contribution in [2.75, 3.05) is 32.8 Å². The number of carboxylic acids is 1. The molecule has 19 heavy (non-hydrogen) atoms. The Bertz CT molecular complexity index is 400. The molecule has 0 aromatic carbocycles. The third kappa shape index (κ3) is 2.78. The van der Waals surface area contributed by atoms with E-state index < -0.39 is 17.9 Å². The first kappa shape index (κ1) is 13.6. The number of primary amides is 1. The monoisotopic (exact) mass is 271 g/mol. The Hall–Kier alpha value is -1.83. The summed E-state index contributed by atoms with van der Waals surface area (Å²) in [4.78, 5) is 37.2. The molecular weight excluding hydrogens is 254 g/mol. The van der Waals surface area contributed by atoms with E-state index in [2.05, 4.69) is 0 Å². The summed E-state index contributed by atoms with van der Waals surface area (Å²) in [6.07, 6.45) is 0.531. The van der Waals surface area contributed by atoms with E-state index in [1.165, 1.54) is 9.80 Å². The lowest BCUT2D eigenvalue weighted by Crippen LogP contribution is -2.56. The topological polar surface area (TPSA) is 113 Å². The Morgan fingerprint density at radius 1 is 1.26 bits per heavy atom. The van der Waals surface area contributed by atoms with E-state index in [1.807, 2.05) is 0 Å². The number of carbonyl (C=O) groups is 3. The summed E-state index contributed by atoms with van der Waals surface area (Å²) >= 11 is 0. The largest absolute Gasteiger partial charge is 0.480 e. The van der Waals surface area contributed by atoms with Crippen LogP contribution in [0, 0.1) is 5.92 Å². The molecule has 0 bridgehead atoms. The first-order valence-electron chi connectivity index (χ1n) is 6.16. The Morgan fingerprint density at radius 2 is 2.00 bits per heavy atom. The van der Waals surface area contributed by atoms with Crippen molar-refractivity contribution in [2.45, 2.75) is 12.5 Å². The highest BCUT2D eigenvalue weighted by atomic mass is 16.5. The number of amides is 3. The fraction of sp³-hybridized carbons (Fsp3) is 0.727. The maximum Gasteiger partial charge on any atom is 0.328 e. The molecule has 106 valence electrons. The van der Waals surface area contributed by atoms with Gasteiger partial charge in [0.25, 0.3) is 0 Å². The van der Waals surface area contributed by atoms with Gasteiger partial charge in [-0.05, 0) is 6.42 Å². The number of carboxylic acid groups (broad SMARTS) is 1. The molecule has 2 fully saturated rings. The third-order valence-electron chi connectivity index (χ3n) is 3.52. The molecule has 3 amide bonds. The van der Waals surface area contributed by atoms with Gasteiger partial charge in [-0.25, -0.2) is 9.59 Å². The minimum atomic E-state index is -1.08. The molecule has 2 atom stereocenters. The average molecular weight is 271 g/mol. The Kier molecular flexibility index (Phi) is 3.89. The molecule has 8 nitrogen and oxygen atoms in total. The second-order valence-electron chi connectivity index (χ2n) is 4.74. The minimum absolute atomic E-state index is 0.00579. The molecular formula is C11H17N3O5. The van der Waals surface area contributed by atoms with Crippen LogP contribution in [-0.2, 0) is 14.3 Å².